The van der Waals surface area contributed by atoms with E-state index in [2.05, 4.69) is 28.9 Å². The summed E-state index contributed by atoms with van der Waals surface area (Å²) >= 11 is 0. The largest absolute Gasteiger partial charge is 0.481 e. The highest BCUT2D eigenvalue weighted by molar-refractivity contribution is 5.93. The molecular formula is C18H26N6O3. The minimum Gasteiger partial charge on any atom is -0.481 e. The number of piperazine rings is 1. The molecule has 146 valence electrons. The van der Waals surface area contributed by atoms with Crippen LogP contribution in [0.1, 0.15) is 35.0 Å². The van der Waals surface area contributed by atoms with Crippen LogP contribution in [0.15, 0.2) is 18.6 Å². The molecule has 0 aliphatic carbocycles. The highest BCUT2D eigenvalue weighted by Crippen LogP contribution is 2.14. The first-order valence-corrected chi connectivity index (χ1v) is 9.25. The van der Waals surface area contributed by atoms with E-state index in [0.717, 1.165) is 26.2 Å². The summed E-state index contributed by atoms with van der Waals surface area (Å²) in [5, 5.41) is 17.2. The van der Waals surface area contributed by atoms with Gasteiger partial charge in [-0.15, -0.1) is 0 Å². The highest BCUT2D eigenvalue weighted by Gasteiger charge is 2.23. The van der Waals surface area contributed by atoms with Crippen LogP contribution in [0, 0.1) is 6.92 Å². The normalized spacial score (nSPS) is 15.3. The van der Waals surface area contributed by atoms with Crippen LogP contribution in [0.5, 0.6) is 0 Å². The molecule has 1 N–H and O–H groups in total. The summed E-state index contributed by atoms with van der Waals surface area (Å²) in [4.78, 5) is 27.4. The lowest BCUT2D eigenvalue weighted by Crippen LogP contribution is -2.48. The summed E-state index contributed by atoms with van der Waals surface area (Å²) in [5.74, 6) is -0.930. The monoisotopic (exact) mass is 374 g/mol. The third kappa shape index (κ3) is 4.54. The van der Waals surface area contributed by atoms with Crippen molar-refractivity contribution >= 4 is 11.9 Å². The molecule has 0 spiro atoms. The Morgan fingerprint density at radius 3 is 2.52 bits per heavy atom. The lowest BCUT2D eigenvalue weighted by Gasteiger charge is -2.34. The fraction of sp³-hybridized carbons (Fsp3) is 0.556. The standard InChI is InChI=1S/C18H26N6O3/c1-3-24-14(2)15(10-20-24)12-21-6-8-22(9-7-21)18(27)16-11-19-23(13-16)5-4-17(25)26/h10-11,13H,3-9,12H2,1-2H3,(H,25,26). The third-order valence-corrected chi connectivity index (χ3v) is 4.99. The van der Waals surface area contributed by atoms with Crippen LogP contribution in [0.3, 0.4) is 0 Å². The van der Waals surface area contributed by atoms with Crippen LogP contribution < -0.4 is 0 Å². The molecule has 3 rings (SSSR count). The number of carbonyl (C=O) groups excluding carboxylic acids is 1. The van der Waals surface area contributed by atoms with E-state index in [1.54, 1.807) is 6.20 Å². The summed E-state index contributed by atoms with van der Waals surface area (Å²) in [6.07, 6.45) is 5.06. The van der Waals surface area contributed by atoms with Crippen molar-refractivity contribution in [3.05, 3.63) is 35.4 Å². The van der Waals surface area contributed by atoms with Crippen molar-refractivity contribution in [3.8, 4) is 0 Å². The number of carboxylic acid groups (broad SMARTS) is 1. The third-order valence-electron chi connectivity index (χ3n) is 4.99. The molecule has 0 radical (unpaired) electrons. The topological polar surface area (TPSA) is 96.5 Å². The summed E-state index contributed by atoms with van der Waals surface area (Å²) < 4.78 is 3.50. The number of carboxylic acids is 1. The SMILES string of the molecule is CCn1ncc(CN2CCN(C(=O)c3cnn(CCC(=O)O)c3)CC2)c1C. The molecule has 0 bridgehead atoms. The second kappa shape index (κ2) is 8.34. The van der Waals surface area contributed by atoms with E-state index in [0.29, 0.717) is 18.7 Å². The molecule has 1 fully saturated rings. The van der Waals surface area contributed by atoms with E-state index < -0.39 is 5.97 Å². The molecule has 9 nitrogen and oxygen atoms in total. The van der Waals surface area contributed by atoms with E-state index >= 15 is 0 Å². The van der Waals surface area contributed by atoms with Gasteiger partial charge in [-0.25, -0.2) is 0 Å². The van der Waals surface area contributed by atoms with Gasteiger partial charge in [-0.3, -0.25) is 23.9 Å². The fourth-order valence-electron chi connectivity index (χ4n) is 3.30. The first kappa shape index (κ1) is 19.1. The van der Waals surface area contributed by atoms with Crippen LogP contribution in [0.2, 0.25) is 0 Å². The maximum Gasteiger partial charge on any atom is 0.305 e. The molecule has 1 aliphatic rings. The van der Waals surface area contributed by atoms with Gasteiger partial charge in [0.25, 0.3) is 5.91 Å². The maximum absolute atomic E-state index is 12.6. The first-order valence-electron chi connectivity index (χ1n) is 9.25. The van der Waals surface area contributed by atoms with Gasteiger partial charge in [-0.05, 0) is 13.8 Å². The Kier molecular flexibility index (Phi) is 5.90. The number of carbonyl (C=O) groups is 2. The van der Waals surface area contributed by atoms with E-state index in [1.807, 2.05) is 15.8 Å². The van der Waals surface area contributed by atoms with Crippen LogP contribution in [0.25, 0.3) is 0 Å². The smallest absolute Gasteiger partial charge is 0.305 e. The zero-order valence-electron chi connectivity index (χ0n) is 15.8. The number of hydrogen-bond acceptors (Lipinski definition) is 5. The Morgan fingerprint density at radius 2 is 1.89 bits per heavy atom. The van der Waals surface area contributed by atoms with Gasteiger partial charge in [0, 0.05) is 56.7 Å². The van der Waals surface area contributed by atoms with E-state index in [1.165, 1.54) is 22.1 Å². The molecule has 0 saturated carbocycles. The van der Waals surface area contributed by atoms with Gasteiger partial charge in [-0.2, -0.15) is 10.2 Å². The molecule has 1 amide bonds. The minimum atomic E-state index is -0.880. The lowest BCUT2D eigenvalue weighted by atomic mass is 10.2. The van der Waals surface area contributed by atoms with Gasteiger partial charge in [0.15, 0.2) is 0 Å². The Labute approximate surface area is 158 Å². The average molecular weight is 374 g/mol. The summed E-state index contributed by atoms with van der Waals surface area (Å²) in [6.45, 7) is 9.12. The number of aromatic nitrogens is 4. The van der Waals surface area contributed by atoms with E-state index in [4.69, 9.17) is 5.11 Å². The van der Waals surface area contributed by atoms with Crippen LogP contribution in [-0.4, -0.2) is 72.5 Å². The van der Waals surface area contributed by atoms with Gasteiger partial charge < -0.3 is 10.0 Å². The van der Waals surface area contributed by atoms with Gasteiger partial charge in [0.1, 0.15) is 0 Å². The zero-order valence-corrected chi connectivity index (χ0v) is 15.8. The van der Waals surface area contributed by atoms with Gasteiger partial charge in [-0.1, -0.05) is 0 Å². The van der Waals surface area contributed by atoms with Crippen molar-refractivity contribution in [1.82, 2.24) is 29.4 Å². The van der Waals surface area contributed by atoms with Crippen molar-refractivity contribution < 1.29 is 14.7 Å². The molecule has 0 atom stereocenters. The molecule has 9 heteroatoms. The molecule has 1 saturated heterocycles. The highest BCUT2D eigenvalue weighted by atomic mass is 16.4. The molecule has 0 aromatic carbocycles. The Balaban J connectivity index is 1.51. The molecular weight excluding hydrogens is 348 g/mol. The zero-order chi connectivity index (χ0) is 19.4. The summed E-state index contributed by atoms with van der Waals surface area (Å²) in [6, 6.07) is 0. The molecule has 2 aromatic rings. The number of aliphatic carboxylic acids is 1. The van der Waals surface area contributed by atoms with Crippen molar-refractivity contribution in [1.29, 1.82) is 0 Å². The minimum absolute atomic E-state index is 0.0119. The summed E-state index contributed by atoms with van der Waals surface area (Å²) in [5.41, 5.74) is 2.94. The molecule has 3 heterocycles. The Morgan fingerprint density at radius 1 is 1.15 bits per heavy atom. The average Bonchev–Trinajstić information content (AvgIpc) is 3.27. The second-order valence-electron chi connectivity index (χ2n) is 6.78. The van der Waals surface area contributed by atoms with Crippen molar-refractivity contribution in [2.24, 2.45) is 0 Å². The van der Waals surface area contributed by atoms with E-state index in [9.17, 15) is 9.59 Å². The maximum atomic E-state index is 12.6. The molecule has 27 heavy (non-hydrogen) atoms. The van der Waals surface area contributed by atoms with Gasteiger partial charge >= 0.3 is 5.97 Å². The molecule has 2 aromatic heterocycles. The Hall–Kier alpha value is -2.68. The number of aryl methyl sites for hydroxylation is 2. The van der Waals surface area contributed by atoms with Gasteiger partial charge in [0.2, 0.25) is 0 Å². The van der Waals surface area contributed by atoms with Crippen molar-refractivity contribution in [3.63, 3.8) is 0 Å². The van der Waals surface area contributed by atoms with Crippen LogP contribution >= 0.6 is 0 Å². The lowest BCUT2D eigenvalue weighted by molar-refractivity contribution is -0.137. The van der Waals surface area contributed by atoms with E-state index in [-0.39, 0.29) is 18.9 Å². The molecule has 0 unspecified atom stereocenters. The van der Waals surface area contributed by atoms with Crippen LogP contribution in [0.4, 0.5) is 0 Å². The van der Waals surface area contributed by atoms with Crippen molar-refractivity contribution in [2.75, 3.05) is 26.2 Å². The fourth-order valence-corrected chi connectivity index (χ4v) is 3.30. The Bertz CT molecular complexity index is 804. The predicted octanol–water partition coefficient (Wildman–Crippen LogP) is 0.841. The number of amides is 1. The number of hydrogen-bond donors (Lipinski definition) is 1. The predicted molar refractivity (Wildman–Crippen MR) is 98.3 cm³/mol. The number of nitrogens with zero attached hydrogens (tertiary/aromatic N) is 6. The molecule has 1 aliphatic heterocycles. The first-order chi connectivity index (χ1) is 13.0. The second-order valence-corrected chi connectivity index (χ2v) is 6.78. The van der Waals surface area contributed by atoms with Crippen molar-refractivity contribution in [2.45, 2.75) is 39.9 Å². The summed E-state index contributed by atoms with van der Waals surface area (Å²) in [7, 11) is 0. The van der Waals surface area contributed by atoms with Gasteiger partial charge in [0.05, 0.1) is 30.9 Å². The van der Waals surface area contributed by atoms with Crippen LogP contribution in [-0.2, 0) is 24.4 Å². The quantitative estimate of drug-likeness (QED) is 0.771. The number of rotatable bonds is 7.